The minimum absolute atomic E-state index is 0.192. The van der Waals surface area contributed by atoms with Gasteiger partial charge in [0.15, 0.2) is 0 Å². The lowest BCUT2D eigenvalue weighted by molar-refractivity contribution is 0.0595. The molecule has 2 heterocycles. The zero-order valence-electron chi connectivity index (χ0n) is 14.3. The number of piperidine rings is 1. The fourth-order valence-corrected chi connectivity index (χ4v) is 3.72. The van der Waals surface area contributed by atoms with E-state index in [1.54, 1.807) is 18.3 Å². The van der Waals surface area contributed by atoms with Crippen LogP contribution in [0.25, 0.3) is 0 Å². The highest BCUT2D eigenvalue weighted by molar-refractivity contribution is 7.08. The summed E-state index contributed by atoms with van der Waals surface area (Å²) in [4.78, 5) is 14.5. The fourth-order valence-electron chi connectivity index (χ4n) is 2.94. The van der Waals surface area contributed by atoms with Crippen LogP contribution in [0.15, 0.2) is 16.8 Å². The average Bonchev–Trinajstić information content (AvgIpc) is 3.02. The number of likely N-dealkylation sites (tertiary alicyclic amines) is 1. The normalized spacial score (nSPS) is 19.5. The van der Waals surface area contributed by atoms with Gasteiger partial charge in [-0.2, -0.15) is 11.3 Å². The van der Waals surface area contributed by atoms with Crippen LogP contribution in [-0.4, -0.2) is 48.3 Å². The number of thiophene rings is 1. The first kappa shape index (κ1) is 18.2. The molecule has 0 aromatic carbocycles. The molecule has 2 rings (SSSR count). The van der Waals surface area contributed by atoms with Crippen LogP contribution >= 0.6 is 11.3 Å². The van der Waals surface area contributed by atoms with Crippen LogP contribution < -0.4 is 10.6 Å². The summed E-state index contributed by atoms with van der Waals surface area (Å²) < 4.78 is 0. The second-order valence-corrected chi connectivity index (χ2v) is 7.86. The van der Waals surface area contributed by atoms with Gasteiger partial charge in [0.05, 0.1) is 6.54 Å². The summed E-state index contributed by atoms with van der Waals surface area (Å²) in [6.45, 7) is 9.60. The van der Waals surface area contributed by atoms with Gasteiger partial charge >= 0.3 is 6.03 Å². The van der Waals surface area contributed by atoms with Crippen molar-refractivity contribution in [3.05, 3.63) is 22.4 Å². The molecule has 3 N–H and O–H groups in total. The van der Waals surface area contributed by atoms with Crippen molar-refractivity contribution < 1.29 is 9.90 Å². The summed E-state index contributed by atoms with van der Waals surface area (Å²) in [6, 6.07) is 1.92. The van der Waals surface area contributed by atoms with E-state index >= 15 is 0 Å². The number of carbonyl (C=O) groups excluding carboxylic acids is 1. The van der Waals surface area contributed by atoms with E-state index in [0.29, 0.717) is 5.92 Å². The molecular weight excluding hydrogens is 310 g/mol. The van der Waals surface area contributed by atoms with E-state index in [1.807, 2.05) is 16.8 Å². The lowest BCUT2D eigenvalue weighted by Crippen LogP contribution is -2.50. The predicted molar refractivity (Wildman–Crippen MR) is 94.7 cm³/mol. The lowest BCUT2D eigenvalue weighted by Gasteiger charge is -2.33. The average molecular weight is 340 g/mol. The monoisotopic (exact) mass is 339 g/mol. The molecular formula is C17H29N3O2S. The third-order valence-electron chi connectivity index (χ3n) is 4.28. The van der Waals surface area contributed by atoms with E-state index in [1.165, 1.54) is 0 Å². The molecule has 5 nitrogen and oxygen atoms in total. The summed E-state index contributed by atoms with van der Waals surface area (Å²) in [6.07, 6.45) is 1.97. The maximum atomic E-state index is 12.0. The molecule has 130 valence electrons. The number of amides is 2. The minimum Gasteiger partial charge on any atom is -0.384 e. The number of urea groups is 1. The Hall–Kier alpha value is -1.11. The summed E-state index contributed by atoms with van der Waals surface area (Å²) in [5, 5.41) is 20.1. The Bertz CT molecular complexity index is 480. The zero-order chi connectivity index (χ0) is 16.9. The highest BCUT2D eigenvalue weighted by Crippen LogP contribution is 2.22. The van der Waals surface area contributed by atoms with Crippen molar-refractivity contribution in [2.24, 2.45) is 5.92 Å². The van der Waals surface area contributed by atoms with Gasteiger partial charge in [-0.25, -0.2) is 4.79 Å². The summed E-state index contributed by atoms with van der Waals surface area (Å²) in [5.41, 5.74) is -0.192. The van der Waals surface area contributed by atoms with Crippen LogP contribution in [0.5, 0.6) is 0 Å². The van der Waals surface area contributed by atoms with E-state index in [2.05, 4.69) is 29.4 Å². The largest absolute Gasteiger partial charge is 0.384 e. The van der Waals surface area contributed by atoms with E-state index in [-0.39, 0.29) is 18.6 Å². The molecule has 6 heteroatoms. The highest BCUT2D eigenvalue weighted by Gasteiger charge is 2.25. The van der Waals surface area contributed by atoms with Gasteiger partial charge in [0, 0.05) is 25.7 Å². The highest BCUT2D eigenvalue weighted by atomic mass is 32.1. The minimum atomic E-state index is -1.03. The Morgan fingerprint density at radius 3 is 2.74 bits per heavy atom. The predicted octanol–water partition coefficient (Wildman–Crippen LogP) is 2.38. The van der Waals surface area contributed by atoms with Gasteiger partial charge in [0.2, 0.25) is 0 Å². The maximum Gasteiger partial charge on any atom is 0.315 e. The number of nitrogens with zero attached hydrogens (tertiary/aromatic N) is 1. The van der Waals surface area contributed by atoms with Crippen LogP contribution in [-0.2, 0) is 5.60 Å². The number of rotatable bonds is 6. The standard InChI is InChI=1S/C17H29N3O2S/c1-13(2)10-20-7-4-15(5-8-20)19-16(21)18-12-17(3,22)14-6-9-23-11-14/h6,9,11,13,15,22H,4-5,7-8,10,12H2,1-3H3,(H2,18,19,21). The maximum absolute atomic E-state index is 12.0. The smallest absolute Gasteiger partial charge is 0.315 e. The van der Waals surface area contributed by atoms with Crippen molar-refractivity contribution in [2.75, 3.05) is 26.2 Å². The first-order valence-corrected chi connectivity index (χ1v) is 9.33. The van der Waals surface area contributed by atoms with Gasteiger partial charge in [-0.15, -0.1) is 0 Å². The molecule has 0 saturated carbocycles. The van der Waals surface area contributed by atoms with Gasteiger partial charge in [-0.3, -0.25) is 0 Å². The topological polar surface area (TPSA) is 64.6 Å². The molecule has 1 aromatic heterocycles. The molecule has 0 bridgehead atoms. The zero-order valence-corrected chi connectivity index (χ0v) is 15.2. The number of aliphatic hydroxyl groups is 1. The molecule has 1 unspecified atom stereocenters. The Morgan fingerprint density at radius 2 is 2.17 bits per heavy atom. The van der Waals surface area contributed by atoms with E-state index in [9.17, 15) is 9.90 Å². The number of carbonyl (C=O) groups is 1. The number of hydrogen-bond donors (Lipinski definition) is 3. The second-order valence-electron chi connectivity index (χ2n) is 7.08. The Kier molecular flexibility index (Phi) is 6.44. The van der Waals surface area contributed by atoms with Gasteiger partial charge in [0.25, 0.3) is 0 Å². The quantitative estimate of drug-likeness (QED) is 0.745. The second kappa shape index (κ2) is 8.13. The van der Waals surface area contributed by atoms with Crippen LogP contribution in [0.4, 0.5) is 4.79 Å². The van der Waals surface area contributed by atoms with Gasteiger partial charge in [0.1, 0.15) is 5.60 Å². The van der Waals surface area contributed by atoms with Crippen LogP contribution in [0.3, 0.4) is 0 Å². The first-order chi connectivity index (χ1) is 10.9. The van der Waals surface area contributed by atoms with Crippen molar-refractivity contribution in [1.82, 2.24) is 15.5 Å². The Balaban J connectivity index is 1.70. The van der Waals surface area contributed by atoms with Crippen molar-refractivity contribution >= 4 is 17.4 Å². The molecule has 23 heavy (non-hydrogen) atoms. The molecule has 1 aromatic rings. The van der Waals surface area contributed by atoms with Crippen molar-refractivity contribution in [3.63, 3.8) is 0 Å². The molecule has 1 saturated heterocycles. The Labute approximate surface area is 143 Å². The van der Waals surface area contributed by atoms with Crippen LogP contribution in [0, 0.1) is 5.92 Å². The molecule has 0 radical (unpaired) electrons. The van der Waals surface area contributed by atoms with Gasteiger partial charge < -0.3 is 20.6 Å². The third kappa shape index (κ3) is 5.79. The Morgan fingerprint density at radius 1 is 1.48 bits per heavy atom. The summed E-state index contributed by atoms with van der Waals surface area (Å²) in [5.74, 6) is 0.683. The molecule has 1 atom stereocenters. The van der Waals surface area contributed by atoms with E-state index in [4.69, 9.17) is 0 Å². The SMILES string of the molecule is CC(C)CN1CCC(NC(=O)NCC(C)(O)c2ccsc2)CC1. The van der Waals surface area contributed by atoms with Gasteiger partial charge in [-0.05, 0) is 48.1 Å². The molecule has 1 aliphatic rings. The summed E-state index contributed by atoms with van der Waals surface area (Å²) >= 11 is 1.54. The fraction of sp³-hybridized carbons (Fsp3) is 0.706. The number of nitrogens with one attached hydrogen (secondary N) is 2. The van der Waals surface area contributed by atoms with Crippen molar-refractivity contribution in [2.45, 2.75) is 45.3 Å². The van der Waals surface area contributed by atoms with Crippen molar-refractivity contribution in [3.8, 4) is 0 Å². The number of hydrogen-bond acceptors (Lipinski definition) is 4. The molecule has 1 fully saturated rings. The summed E-state index contributed by atoms with van der Waals surface area (Å²) in [7, 11) is 0. The van der Waals surface area contributed by atoms with Gasteiger partial charge in [-0.1, -0.05) is 13.8 Å². The molecule has 0 spiro atoms. The van der Waals surface area contributed by atoms with E-state index < -0.39 is 5.60 Å². The molecule has 2 amide bonds. The van der Waals surface area contributed by atoms with E-state index in [0.717, 1.165) is 38.0 Å². The molecule has 1 aliphatic heterocycles. The third-order valence-corrected chi connectivity index (χ3v) is 4.97. The van der Waals surface area contributed by atoms with Crippen molar-refractivity contribution in [1.29, 1.82) is 0 Å². The molecule has 0 aliphatic carbocycles. The lowest BCUT2D eigenvalue weighted by atomic mass is 9.99. The van der Waals surface area contributed by atoms with Crippen LogP contribution in [0.1, 0.15) is 39.2 Å². The van der Waals surface area contributed by atoms with Crippen LogP contribution in [0.2, 0.25) is 0 Å². The first-order valence-electron chi connectivity index (χ1n) is 8.38.